The number of nitro benzene ring substituents is 1. The number of benzene rings is 1. The molecule has 0 unspecified atom stereocenters. The minimum Gasteiger partial charge on any atom is -0.393 e. The minimum absolute atomic E-state index is 0.0557. The summed E-state index contributed by atoms with van der Waals surface area (Å²) in [6, 6.07) is 5.18. The lowest BCUT2D eigenvalue weighted by Crippen LogP contribution is -2.31. The largest absolute Gasteiger partial charge is 0.393 e. The second-order valence-corrected chi connectivity index (χ2v) is 4.53. The molecule has 0 amide bonds. The molecule has 6 heteroatoms. The molecule has 0 saturated heterocycles. The highest BCUT2D eigenvalue weighted by Gasteiger charge is 2.10. The molecule has 0 bridgehead atoms. The summed E-state index contributed by atoms with van der Waals surface area (Å²) in [5.41, 5.74) is 6.54. The van der Waals surface area contributed by atoms with Crippen molar-refractivity contribution in [2.75, 3.05) is 31.2 Å². The molecule has 1 aromatic rings. The van der Waals surface area contributed by atoms with Gasteiger partial charge in [-0.15, -0.1) is 0 Å². The molecule has 0 spiro atoms. The number of nitro groups is 1. The summed E-state index contributed by atoms with van der Waals surface area (Å²) in [7, 11) is 2.05. The Morgan fingerprint density at radius 3 is 2.67 bits per heavy atom. The van der Waals surface area contributed by atoms with Crippen molar-refractivity contribution in [3.05, 3.63) is 28.3 Å². The third kappa shape index (κ3) is 3.89. The molecular formula is C12H20N4O2. The van der Waals surface area contributed by atoms with Gasteiger partial charge in [-0.2, -0.15) is 0 Å². The monoisotopic (exact) mass is 252 g/mol. The van der Waals surface area contributed by atoms with Gasteiger partial charge >= 0.3 is 0 Å². The van der Waals surface area contributed by atoms with Crippen LogP contribution in [-0.2, 0) is 0 Å². The van der Waals surface area contributed by atoms with Crippen molar-refractivity contribution >= 4 is 17.1 Å². The quantitative estimate of drug-likeness (QED) is 0.459. The average molecular weight is 252 g/mol. The Balaban J connectivity index is 2.54. The first-order valence-corrected chi connectivity index (χ1v) is 5.90. The van der Waals surface area contributed by atoms with Crippen LogP contribution in [0.4, 0.5) is 17.1 Å². The van der Waals surface area contributed by atoms with Gasteiger partial charge in [0.2, 0.25) is 0 Å². The molecule has 0 aliphatic heterocycles. The number of rotatable bonds is 6. The van der Waals surface area contributed by atoms with E-state index in [0.29, 0.717) is 6.04 Å². The van der Waals surface area contributed by atoms with E-state index in [0.717, 1.165) is 18.8 Å². The Morgan fingerprint density at radius 1 is 1.50 bits per heavy atom. The van der Waals surface area contributed by atoms with Gasteiger partial charge in [0.15, 0.2) is 0 Å². The number of hydrogen-bond acceptors (Lipinski definition) is 5. The van der Waals surface area contributed by atoms with E-state index in [1.807, 2.05) is 0 Å². The zero-order valence-corrected chi connectivity index (χ0v) is 11.0. The van der Waals surface area contributed by atoms with Crippen LogP contribution in [0.3, 0.4) is 0 Å². The number of nitrogen functional groups attached to an aromatic ring is 1. The highest BCUT2D eigenvalue weighted by Crippen LogP contribution is 2.24. The van der Waals surface area contributed by atoms with Crippen molar-refractivity contribution in [1.82, 2.24) is 4.90 Å². The summed E-state index contributed by atoms with van der Waals surface area (Å²) in [6.45, 7) is 5.92. The topological polar surface area (TPSA) is 84.4 Å². The SMILES string of the molecule is CC(C)N(C)CCNc1ccc([N+](=O)[O-])c(N)c1. The van der Waals surface area contributed by atoms with Crippen LogP contribution in [0.15, 0.2) is 18.2 Å². The van der Waals surface area contributed by atoms with Crippen LogP contribution in [0.2, 0.25) is 0 Å². The summed E-state index contributed by atoms with van der Waals surface area (Å²) in [5.74, 6) is 0. The van der Waals surface area contributed by atoms with Gasteiger partial charge in [-0.3, -0.25) is 10.1 Å². The number of nitrogens with two attached hydrogens (primary N) is 1. The molecule has 1 rings (SSSR count). The maximum Gasteiger partial charge on any atom is 0.292 e. The van der Waals surface area contributed by atoms with Crippen LogP contribution >= 0.6 is 0 Å². The maximum atomic E-state index is 10.6. The van der Waals surface area contributed by atoms with Gasteiger partial charge in [0, 0.05) is 30.9 Å². The second kappa shape index (κ2) is 6.20. The van der Waals surface area contributed by atoms with Crippen LogP contribution in [0, 0.1) is 10.1 Å². The summed E-state index contributed by atoms with van der Waals surface area (Å²) in [5, 5.41) is 13.8. The smallest absolute Gasteiger partial charge is 0.292 e. The summed E-state index contributed by atoms with van der Waals surface area (Å²) < 4.78 is 0. The molecule has 0 aromatic heterocycles. The van der Waals surface area contributed by atoms with E-state index in [9.17, 15) is 10.1 Å². The van der Waals surface area contributed by atoms with E-state index in [-0.39, 0.29) is 11.4 Å². The number of nitrogens with zero attached hydrogens (tertiary/aromatic N) is 2. The molecule has 0 aliphatic rings. The van der Waals surface area contributed by atoms with Gasteiger partial charge in [0.05, 0.1) is 4.92 Å². The zero-order valence-electron chi connectivity index (χ0n) is 11.0. The molecule has 0 aliphatic carbocycles. The fraction of sp³-hybridized carbons (Fsp3) is 0.500. The first-order chi connectivity index (χ1) is 8.41. The van der Waals surface area contributed by atoms with Gasteiger partial charge in [0.25, 0.3) is 5.69 Å². The minimum atomic E-state index is -0.481. The Hall–Kier alpha value is -1.82. The van der Waals surface area contributed by atoms with Crippen molar-refractivity contribution in [1.29, 1.82) is 0 Å². The van der Waals surface area contributed by atoms with Crippen LogP contribution in [0.5, 0.6) is 0 Å². The van der Waals surface area contributed by atoms with E-state index in [2.05, 4.69) is 31.1 Å². The Labute approximate surface area is 107 Å². The van der Waals surface area contributed by atoms with Crippen molar-refractivity contribution in [3.8, 4) is 0 Å². The van der Waals surface area contributed by atoms with Gasteiger partial charge in [-0.05, 0) is 33.0 Å². The molecule has 3 N–H and O–H groups in total. The van der Waals surface area contributed by atoms with E-state index in [1.165, 1.54) is 6.07 Å². The fourth-order valence-electron chi connectivity index (χ4n) is 1.47. The van der Waals surface area contributed by atoms with Gasteiger partial charge in [0.1, 0.15) is 5.69 Å². The second-order valence-electron chi connectivity index (χ2n) is 4.53. The molecule has 0 saturated carbocycles. The third-order valence-corrected chi connectivity index (χ3v) is 2.90. The van der Waals surface area contributed by atoms with Gasteiger partial charge < -0.3 is 16.0 Å². The maximum absolute atomic E-state index is 10.6. The van der Waals surface area contributed by atoms with Crippen LogP contribution in [0.25, 0.3) is 0 Å². The summed E-state index contributed by atoms with van der Waals surface area (Å²) in [6.07, 6.45) is 0. The lowest BCUT2D eigenvalue weighted by atomic mass is 10.2. The predicted octanol–water partition coefficient (Wildman–Crippen LogP) is 1.93. The van der Waals surface area contributed by atoms with Crippen molar-refractivity contribution in [2.45, 2.75) is 19.9 Å². The van der Waals surface area contributed by atoms with Gasteiger partial charge in [-0.25, -0.2) is 0 Å². The first-order valence-electron chi connectivity index (χ1n) is 5.90. The molecule has 0 radical (unpaired) electrons. The molecule has 0 heterocycles. The van der Waals surface area contributed by atoms with Gasteiger partial charge in [-0.1, -0.05) is 0 Å². The lowest BCUT2D eigenvalue weighted by molar-refractivity contribution is -0.383. The number of nitrogens with one attached hydrogen (secondary N) is 1. The zero-order chi connectivity index (χ0) is 13.7. The molecule has 6 nitrogen and oxygen atoms in total. The molecule has 18 heavy (non-hydrogen) atoms. The first kappa shape index (κ1) is 14.2. The number of likely N-dealkylation sites (N-methyl/N-ethyl adjacent to an activating group) is 1. The van der Waals surface area contributed by atoms with E-state index in [1.54, 1.807) is 12.1 Å². The lowest BCUT2D eigenvalue weighted by Gasteiger charge is -2.21. The molecule has 1 aromatic carbocycles. The van der Waals surface area contributed by atoms with Crippen LogP contribution in [-0.4, -0.2) is 36.0 Å². The molecule has 0 fully saturated rings. The Bertz CT molecular complexity index is 421. The highest BCUT2D eigenvalue weighted by atomic mass is 16.6. The van der Waals surface area contributed by atoms with Crippen LogP contribution < -0.4 is 11.1 Å². The van der Waals surface area contributed by atoms with E-state index in [4.69, 9.17) is 5.73 Å². The summed E-state index contributed by atoms with van der Waals surface area (Å²) in [4.78, 5) is 12.3. The fourth-order valence-corrected chi connectivity index (χ4v) is 1.47. The number of hydrogen-bond donors (Lipinski definition) is 2. The van der Waals surface area contributed by atoms with E-state index < -0.39 is 4.92 Å². The average Bonchev–Trinajstić information content (AvgIpc) is 2.28. The Kier molecular flexibility index (Phi) is 4.91. The molecular weight excluding hydrogens is 232 g/mol. The standard InChI is InChI=1S/C12H20N4O2/c1-9(2)15(3)7-6-14-10-4-5-12(16(17)18)11(13)8-10/h4-5,8-9,14H,6-7,13H2,1-3H3. The summed E-state index contributed by atoms with van der Waals surface area (Å²) >= 11 is 0. The predicted molar refractivity (Wildman–Crippen MR) is 73.8 cm³/mol. The highest BCUT2D eigenvalue weighted by molar-refractivity contribution is 5.65. The molecule has 100 valence electrons. The van der Waals surface area contributed by atoms with Crippen LogP contribution in [0.1, 0.15) is 13.8 Å². The van der Waals surface area contributed by atoms with Crippen molar-refractivity contribution in [2.24, 2.45) is 0 Å². The normalized spacial score (nSPS) is 10.9. The third-order valence-electron chi connectivity index (χ3n) is 2.90. The number of anilines is 2. The van der Waals surface area contributed by atoms with Crippen molar-refractivity contribution < 1.29 is 4.92 Å². The van der Waals surface area contributed by atoms with E-state index >= 15 is 0 Å². The molecule has 0 atom stereocenters. The van der Waals surface area contributed by atoms with Crippen molar-refractivity contribution in [3.63, 3.8) is 0 Å². The Morgan fingerprint density at radius 2 is 2.17 bits per heavy atom.